The Balaban J connectivity index is 1.71. The fourth-order valence-corrected chi connectivity index (χ4v) is 4.38. The molecule has 0 saturated heterocycles. The van der Waals surface area contributed by atoms with Gasteiger partial charge in [-0.3, -0.25) is 19.2 Å². The Kier molecular flexibility index (Phi) is 13.9. The molecule has 0 aliphatic carbocycles. The highest BCUT2D eigenvalue weighted by molar-refractivity contribution is 5.95. The van der Waals surface area contributed by atoms with Crippen molar-refractivity contribution in [2.75, 3.05) is 6.61 Å². The molecule has 5 amide bonds. The smallest absolute Gasteiger partial charge is 0.408 e. The molecule has 0 unspecified atom stereocenters. The van der Waals surface area contributed by atoms with Crippen molar-refractivity contribution in [2.24, 2.45) is 11.5 Å². The number of carbonyl (C=O) groups is 5. The van der Waals surface area contributed by atoms with Crippen LogP contribution in [0.3, 0.4) is 0 Å². The van der Waals surface area contributed by atoms with Crippen molar-refractivity contribution in [2.45, 2.75) is 70.6 Å². The Morgan fingerprint density at radius 2 is 1.21 bits per heavy atom. The molecule has 13 heteroatoms. The predicted molar refractivity (Wildman–Crippen MR) is 177 cm³/mol. The maximum atomic E-state index is 13.5. The number of carbonyl (C=O) groups excluding carboxylic acids is 5. The summed E-state index contributed by atoms with van der Waals surface area (Å²) < 4.78 is 16.7. The van der Waals surface area contributed by atoms with Crippen molar-refractivity contribution < 1.29 is 38.2 Å². The molecular formula is C35H43N5O8. The number of rotatable bonds is 17. The molecule has 0 aromatic heterocycles. The summed E-state index contributed by atoms with van der Waals surface area (Å²) in [7, 11) is 0. The second-order valence-electron chi connectivity index (χ2n) is 12.0. The summed E-state index contributed by atoms with van der Waals surface area (Å²) in [6.07, 6.45) is -1.48. The summed E-state index contributed by atoms with van der Waals surface area (Å²) >= 11 is 0. The van der Waals surface area contributed by atoms with Crippen molar-refractivity contribution in [3.63, 3.8) is 0 Å². The third-order valence-corrected chi connectivity index (χ3v) is 6.71. The van der Waals surface area contributed by atoms with Crippen LogP contribution in [0.25, 0.3) is 0 Å². The number of amides is 5. The molecule has 3 rings (SSSR count). The lowest BCUT2D eigenvalue weighted by Crippen LogP contribution is -2.58. The van der Waals surface area contributed by atoms with E-state index in [0.717, 1.165) is 11.1 Å². The van der Waals surface area contributed by atoms with Gasteiger partial charge in [-0.2, -0.15) is 0 Å². The summed E-state index contributed by atoms with van der Waals surface area (Å²) in [5.41, 5.74) is 12.6. The first kappa shape index (κ1) is 37.0. The summed E-state index contributed by atoms with van der Waals surface area (Å²) in [6.45, 7) is 5.06. The van der Waals surface area contributed by atoms with Crippen molar-refractivity contribution in [3.05, 3.63) is 102 Å². The Morgan fingerprint density at radius 3 is 1.75 bits per heavy atom. The van der Waals surface area contributed by atoms with Gasteiger partial charge in [0.05, 0.1) is 19.6 Å². The average molecular weight is 662 g/mol. The van der Waals surface area contributed by atoms with Crippen LogP contribution in [-0.4, -0.2) is 60.1 Å². The zero-order valence-corrected chi connectivity index (χ0v) is 27.3. The highest BCUT2D eigenvalue weighted by atomic mass is 16.6. The first-order chi connectivity index (χ1) is 22.8. The van der Waals surface area contributed by atoms with Crippen LogP contribution in [0.4, 0.5) is 4.79 Å². The molecule has 13 nitrogen and oxygen atoms in total. The van der Waals surface area contributed by atoms with Crippen LogP contribution in [0.2, 0.25) is 0 Å². The number of nitrogens with one attached hydrogen (secondary N) is 3. The standard InChI is InChI=1S/C35H43N5O8/c1-35(2,3)48-34(45)40-28(19-30(36)41)32(43)39-29(22-46-20-24-10-6-4-7-11-24)33(44)38-27(31(37)42)18-23-14-16-26(17-15-23)47-21-25-12-8-5-9-13-25/h4-17,27-29H,18-22H2,1-3H3,(H2,36,41)(H2,37,42)(H,38,44)(H,39,43)(H,40,45)/t27-,28-,29-/m0/s1. The monoisotopic (exact) mass is 661 g/mol. The number of alkyl carbamates (subject to hydrolysis) is 1. The van der Waals surface area contributed by atoms with Gasteiger partial charge in [0.1, 0.15) is 36.1 Å². The van der Waals surface area contributed by atoms with E-state index in [0.29, 0.717) is 17.9 Å². The minimum absolute atomic E-state index is 0.0517. The Labute approximate surface area is 279 Å². The van der Waals surface area contributed by atoms with Crippen LogP contribution >= 0.6 is 0 Å². The quantitative estimate of drug-likeness (QED) is 0.145. The van der Waals surface area contributed by atoms with E-state index in [2.05, 4.69) is 16.0 Å². The van der Waals surface area contributed by atoms with Crippen molar-refractivity contribution >= 4 is 29.7 Å². The maximum Gasteiger partial charge on any atom is 0.408 e. The average Bonchev–Trinajstić information content (AvgIpc) is 3.03. The number of hydrogen-bond donors (Lipinski definition) is 5. The largest absolute Gasteiger partial charge is 0.489 e. The van der Waals surface area contributed by atoms with Gasteiger partial charge in [-0.25, -0.2) is 4.79 Å². The number of ether oxygens (including phenoxy) is 3. The second-order valence-corrected chi connectivity index (χ2v) is 12.0. The highest BCUT2D eigenvalue weighted by Gasteiger charge is 2.31. The minimum Gasteiger partial charge on any atom is -0.489 e. The zero-order chi connectivity index (χ0) is 35.1. The first-order valence-electron chi connectivity index (χ1n) is 15.3. The number of benzene rings is 3. The molecule has 0 bridgehead atoms. The van der Waals surface area contributed by atoms with E-state index in [1.165, 1.54) is 0 Å². The van der Waals surface area contributed by atoms with E-state index in [1.807, 2.05) is 60.7 Å². The fourth-order valence-electron chi connectivity index (χ4n) is 4.38. The lowest BCUT2D eigenvalue weighted by atomic mass is 10.0. The number of primary amides is 2. The zero-order valence-electron chi connectivity index (χ0n) is 27.3. The van der Waals surface area contributed by atoms with E-state index < -0.39 is 59.9 Å². The molecule has 256 valence electrons. The SMILES string of the molecule is CC(C)(C)OC(=O)N[C@@H](CC(N)=O)C(=O)N[C@@H](COCc1ccccc1)C(=O)N[C@@H](Cc1ccc(OCc2ccccc2)cc1)C(N)=O. The van der Waals surface area contributed by atoms with Gasteiger partial charge in [0.25, 0.3) is 0 Å². The van der Waals surface area contributed by atoms with Gasteiger partial charge >= 0.3 is 6.09 Å². The summed E-state index contributed by atoms with van der Waals surface area (Å²) in [6, 6.07) is 21.8. The Bertz CT molecular complexity index is 1510. The van der Waals surface area contributed by atoms with Gasteiger partial charge in [-0.05, 0) is 49.6 Å². The maximum absolute atomic E-state index is 13.5. The van der Waals surface area contributed by atoms with Crippen molar-refractivity contribution in [3.8, 4) is 5.75 Å². The molecule has 3 aromatic rings. The molecule has 0 aliphatic rings. The molecule has 3 aromatic carbocycles. The van der Waals surface area contributed by atoms with Gasteiger partial charge in [0.15, 0.2) is 0 Å². The predicted octanol–water partition coefficient (Wildman–Crippen LogP) is 2.25. The van der Waals surface area contributed by atoms with Crippen LogP contribution in [0.1, 0.15) is 43.9 Å². The fraction of sp³-hybridized carbons (Fsp3) is 0.343. The molecule has 0 saturated carbocycles. The van der Waals surface area contributed by atoms with Gasteiger partial charge < -0.3 is 41.6 Å². The summed E-state index contributed by atoms with van der Waals surface area (Å²) in [5.74, 6) is -2.74. The van der Waals surface area contributed by atoms with Crippen molar-refractivity contribution in [1.82, 2.24) is 16.0 Å². The van der Waals surface area contributed by atoms with E-state index in [1.54, 1.807) is 45.0 Å². The second kappa shape index (κ2) is 18.0. The third-order valence-electron chi connectivity index (χ3n) is 6.71. The van der Waals surface area contributed by atoms with Crippen LogP contribution in [0, 0.1) is 0 Å². The molecule has 0 radical (unpaired) electrons. The summed E-state index contributed by atoms with van der Waals surface area (Å²) in [4.78, 5) is 63.4. The van der Waals surface area contributed by atoms with E-state index >= 15 is 0 Å². The van der Waals surface area contributed by atoms with Crippen molar-refractivity contribution in [1.29, 1.82) is 0 Å². The van der Waals surface area contributed by atoms with Crippen LogP contribution in [-0.2, 0) is 48.3 Å². The van der Waals surface area contributed by atoms with Crippen LogP contribution in [0.5, 0.6) is 5.75 Å². The Morgan fingerprint density at radius 1 is 0.667 bits per heavy atom. The molecular weight excluding hydrogens is 618 g/mol. The van der Waals surface area contributed by atoms with Crippen LogP contribution < -0.4 is 32.2 Å². The minimum atomic E-state index is -1.46. The highest BCUT2D eigenvalue weighted by Crippen LogP contribution is 2.16. The molecule has 7 N–H and O–H groups in total. The molecule has 3 atom stereocenters. The molecule has 48 heavy (non-hydrogen) atoms. The van der Waals surface area contributed by atoms with Gasteiger partial charge in [0, 0.05) is 6.42 Å². The number of nitrogens with two attached hydrogens (primary N) is 2. The molecule has 0 heterocycles. The normalized spacial score (nSPS) is 12.9. The third kappa shape index (κ3) is 13.5. The van der Waals surface area contributed by atoms with Crippen LogP contribution in [0.15, 0.2) is 84.9 Å². The molecule has 0 spiro atoms. The lowest BCUT2D eigenvalue weighted by molar-refractivity contribution is -0.134. The summed E-state index contributed by atoms with van der Waals surface area (Å²) in [5, 5.41) is 7.40. The van der Waals surface area contributed by atoms with E-state index in [-0.39, 0.29) is 19.6 Å². The number of hydrogen-bond acceptors (Lipinski definition) is 8. The molecule has 0 fully saturated rings. The van der Waals surface area contributed by atoms with Gasteiger partial charge in [-0.15, -0.1) is 0 Å². The van der Waals surface area contributed by atoms with Gasteiger partial charge in [0.2, 0.25) is 23.6 Å². The molecule has 0 aliphatic heterocycles. The van der Waals surface area contributed by atoms with E-state index in [9.17, 15) is 24.0 Å². The van der Waals surface area contributed by atoms with E-state index in [4.69, 9.17) is 25.7 Å². The Hall–Kier alpha value is -5.43. The topological polar surface area (TPSA) is 201 Å². The lowest BCUT2D eigenvalue weighted by Gasteiger charge is -2.25. The first-order valence-corrected chi connectivity index (χ1v) is 15.3. The van der Waals surface area contributed by atoms with Gasteiger partial charge in [-0.1, -0.05) is 72.8 Å².